The van der Waals surface area contributed by atoms with Crippen LogP contribution in [0, 0.1) is 5.92 Å². The van der Waals surface area contributed by atoms with Crippen molar-refractivity contribution >= 4 is 29.6 Å². The van der Waals surface area contributed by atoms with Gasteiger partial charge in [0.2, 0.25) is 23.6 Å². The molecule has 0 rings (SSSR count). The lowest BCUT2D eigenvalue weighted by atomic mass is 10.0. The molecule has 0 aliphatic carbocycles. The van der Waals surface area contributed by atoms with Gasteiger partial charge >= 0.3 is 5.97 Å². The van der Waals surface area contributed by atoms with E-state index < -0.39 is 66.5 Å². The first-order valence-electron chi connectivity index (χ1n) is 18.6. The first-order chi connectivity index (χ1) is 23.4. The Morgan fingerprint density at radius 2 is 1.08 bits per heavy atom. The zero-order valence-corrected chi connectivity index (χ0v) is 30.4. The second kappa shape index (κ2) is 29.0. The molecule has 0 aromatic carbocycles. The highest BCUT2D eigenvalue weighted by atomic mass is 16.4. The van der Waals surface area contributed by atoms with Crippen LogP contribution < -0.4 is 32.7 Å². The minimum Gasteiger partial charge on any atom is -0.480 e. The average Bonchev–Trinajstić information content (AvgIpc) is 3.06. The van der Waals surface area contributed by atoms with Crippen LogP contribution in [0.15, 0.2) is 0 Å². The Bertz CT molecular complexity index is 938. The molecule has 0 heterocycles. The van der Waals surface area contributed by atoms with E-state index in [-0.39, 0.29) is 18.9 Å². The van der Waals surface area contributed by atoms with Crippen molar-refractivity contribution in [3.8, 4) is 0 Å². The third kappa shape index (κ3) is 21.8. The van der Waals surface area contributed by atoms with Crippen LogP contribution >= 0.6 is 0 Å². The number of aliphatic hydroxyl groups is 2. The third-order valence-electron chi connectivity index (χ3n) is 8.58. The minimum atomic E-state index is -1.81. The van der Waals surface area contributed by atoms with Crippen molar-refractivity contribution in [3.05, 3.63) is 0 Å². The van der Waals surface area contributed by atoms with Crippen molar-refractivity contribution in [1.82, 2.24) is 21.3 Å². The monoisotopic (exact) mass is 701 g/mol. The van der Waals surface area contributed by atoms with E-state index >= 15 is 0 Å². The lowest BCUT2D eigenvalue weighted by Gasteiger charge is -2.28. The Hall–Kier alpha value is -2.81. The van der Waals surface area contributed by atoms with Crippen molar-refractivity contribution < 1.29 is 39.3 Å². The molecular weight excluding hydrogens is 632 g/mol. The van der Waals surface area contributed by atoms with Crippen molar-refractivity contribution in [3.63, 3.8) is 0 Å². The molecule has 0 aliphatic rings. The predicted molar refractivity (Wildman–Crippen MR) is 190 cm³/mol. The van der Waals surface area contributed by atoms with Gasteiger partial charge < -0.3 is 48.1 Å². The SMILES string of the molecule is CCCCCCCCCCCCCCCC(=O)N[C@@H](CCCCN)C(=O)N[C@H](C(=O)N[C@@H](CCN)C(=O)N[C@H](C(=O)O)[C@H](O)CO)C(C)C. The summed E-state index contributed by atoms with van der Waals surface area (Å²) in [5.41, 5.74) is 11.3. The Kier molecular flexibility index (Phi) is 27.3. The summed E-state index contributed by atoms with van der Waals surface area (Å²) in [5.74, 6) is -4.39. The number of nitrogens with one attached hydrogen (secondary N) is 4. The second-order valence-electron chi connectivity index (χ2n) is 13.3. The van der Waals surface area contributed by atoms with Gasteiger partial charge in [0.15, 0.2) is 6.04 Å². The summed E-state index contributed by atoms with van der Waals surface area (Å²) in [7, 11) is 0. The number of unbranched alkanes of at least 4 members (excludes halogenated alkanes) is 13. The first-order valence-corrected chi connectivity index (χ1v) is 18.6. The van der Waals surface area contributed by atoms with Crippen molar-refractivity contribution in [1.29, 1.82) is 0 Å². The van der Waals surface area contributed by atoms with Crippen LogP contribution in [0.2, 0.25) is 0 Å². The number of amides is 4. The van der Waals surface area contributed by atoms with Crippen LogP contribution in [0.25, 0.3) is 0 Å². The van der Waals surface area contributed by atoms with Gasteiger partial charge in [0, 0.05) is 6.42 Å². The maximum absolute atomic E-state index is 13.4. The highest BCUT2D eigenvalue weighted by molar-refractivity contribution is 5.95. The molecule has 0 aromatic rings. The van der Waals surface area contributed by atoms with Gasteiger partial charge in [0.05, 0.1) is 6.61 Å². The number of rotatable bonds is 31. The highest BCUT2D eigenvalue weighted by Gasteiger charge is 2.34. The Morgan fingerprint density at radius 1 is 0.592 bits per heavy atom. The topological polar surface area (TPSA) is 246 Å². The molecule has 11 N–H and O–H groups in total. The maximum atomic E-state index is 13.4. The van der Waals surface area contributed by atoms with Crippen LogP contribution in [-0.2, 0) is 24.0 Å². The van der Waals surface area contributed by atoms with Crippen LogP contribution in [-0.4, -0.2) is 94.9 Å². The van der Waals surface area contributed by atoms with Gasteiger partial charge in [-0.15, -0.1) is 0 Å². The number of hydrogen-bond donors (Lipinski definition) is 9. The molecule has 0 spiro atoms. The summed E-state index contributed by atoms with van der Waals surface area (Å²) >= 11 is 0. The van der Waals surface area contributed by atoms with E-state index in [2.05, 4.69) is 28.2 Å². The molecule has 0 fully saturated rings. The van der Waals surface area contributed by atoms with Gasteiger partial charge in [-0.2, -0.15) is 0 Å². The number of carbonyl (C=O) groups is 5. The number of carboxylic acids is 1. The van der Waals surface area contributed by atoms with Crippen molar-refractivity contribution in [2.45, 2.75) is 167 Å². The molecule has 0 aromatic heterocycles. The highest BCUT2D eigenvalue weighted by Crippen LogP contribution is 2.13. The van der Waals surface area contributed by atoms with E-state index in [1.54, 1.807) is 13.8 Å². The van der Waals surface area contributed by atoms with E-state index in [0.29, 0.717) is 32.2 Å². The van der Waals surface area contributed by atoms with Gasteiger partial charge in [-0.1, -0.05) is 97.8 Å². The molecule has 0 saturated heterocycles. The van der Waals surface area contributed by atoms with E-state index in [1.807, 2.05) is 0 Å². The normalized spacial score (nSPS) is 14.4. The van der Waals surface area contributed by atoms with Crippen LogP contribution in [0.3, 0.4) is 0 Å². The van der Waals surface area contributed by atoms with Crippen molar-refractivity contribution in [2.24, 2.45) is 17.4 Å². The molecule has 0 saturated carbocycles. The lowest BCUT2D eigenvalue weighted by molar-refractivity contribution is -0.146. The zero-order chi connectivity index (χ0) is 37.0. The summed E-state index contributed by atoms with van der Waals surface area (Å²) < 4.78 is 0. The van der Waals surface area contributed by atoms with E-state index in [1.165, 1.54) is 57.8 Å². The quantitative estimate of drug-likeness (QED) is 0.0476. The first kappa shape index (κ1) is 46.2. The van der Waals surface area contributed by atoms with Gasteiger partial charge in [-0.3, -0.25) is 19.2 Å². The molecule has 14 nitrogen and oxygen atoms in total. The average molecular weight is 701 g/mol. The largest absolute Gasteiger partial charge is 0.480 e. The maximum Gasteiger partial charge on any atom is 0.329 e. The molecule has 0 bridgehead atoms. The Morgan fingerprint density at radius 3 is 1.53 bits per heavy atom. The molecule has 14 heteroatoms. The molecule has 4 amide bonds. The predicted octanol–water partition coefficient (Wildman–Crippen LogP) is 1.98. The molecule has 0 aliphatic heterocycles. The summed E-state index contributed by atoms with van der Waals surface area (Å²) in [5, 5.41) is 38.4. The molecule has 0 unspecified atom stereocenters. The van der Waals surface area contributed by atoms with Gasteiger partial charge in [0.25, 0.3) is 0 Å². The standard InChI is InChI=1S/C35H68N6O8/c1-4-5-6-7-8-9-10-11-12-13-14-15-16-20-29(44)38-26(19-17-18-22-36)32(45)40-30(25(2)3)34(47)39-27(21-23-37)33(46)41-31(35(48)49)28(43)24-42/h25-28,30-31,42-43H,4-24,36-37H2,1-3H3,(H,38,44)(H,39,47)(H,40,45)(H,41,46)(H,48,49)/t26-,27-,28+,30-,31-/m0/s1. The number of aliphatic carboxylic acids is 1. The number of carboxylic acid groups (broad SMARTS) is 1. The van der Waals surface area contributed by atoms with Crippen LogP contribution in [0.1, 0.15) is 136 Å². The fraction of sp³-hybridized carbons (Fsp3) is 0.857. The summed E-state index contributed by atoms with van der Waals surface area (Å²) in [6, 6.07) is -5.06. The third-order valence-corrected chi connectivity index (χ3v) is 8.58. The molecule has 5 atom stereocenters. The van der Waals surface area contributed by atoms with Crippen LogP contribution in [0.4, 0.5) is 0 Å². The van der Waals surface area contributed by atoms with Gasteiger partial charge in [-0.05, 0) is 51.1 Å². The molecule has 0 radical (unpaired) electrons. The van der Waals surface area contributed by atoms with Gasteiger partial charge in [0.1, 0.15) is 24.2 Å². The number of carbonyl (C=O) groups excluding carboxylic acids is 4. The minimum absolute atomic E-state index is 0.0358. The molecular formula is C35H68N6O8. The zero-order valence-electron chi connectivity index (χ0n) is 30.4. The fourth-order valence-corrected chi connectivity index (χ4v) is 5.50. The number of aliphatic hydroxyl groups excluding tert-OH is 2. The second-order valence-corrected chi connectivity index (χ2v) is 13.3. The summed E-state index contributed by atoms with van der Waals surface area (Å²) in [6.45, 7) is 5.13. The Labute approximate surface area is 293 Å². The number of nitrogens with two attached hydrogens (primary N) is 2. The fourth-order valence-electron chi connectivity index (χ4n) is 5.50. The van der Waals surface area contributed by atoms with Gasteiger partial charge in [-0.25, -0.2) is 4.79 Å². The van der Waals surface area contributed by atoms with E-state index in [4.69, 9.17) is 16.6 Å². The van der Waals surface area contributed by atoms with E-state index in [0.717, 1.165) is 25.7 Å². The number of hydrogen-bond acceptors (Lipinski definition) is 9. The smallest absolute Gasteiger partial charge is 0.329 e. The summed E-state index contributed by atoms with van der Waals surface area (Å²) in [4.78, 5) is 63.9. The molecule has 286 valence electrons. The van der Waals surface area contributed by atoms with E-state index in [9.17, 15) is 34.2 Å². The molecule has 49 heavy (non-hydrogen) atoms. The lowest BCUT2D eigenvalue weighted by Crippen LogP contribution is -2.60. The Balaban J connectivity index is 5.06. The van der Waals surface area contributed by atoms with Crippen molar-refractivity contribution in [2.75, 3.05) is 19.7 Å². The van der Waals surface area contributed by atoms with Crippen LogP contribution in [0.5, 0.6) is 0 Å². The summed E-state index contributed by atoms with van der Waals surface area (Å²) in [6.07, 6.45) is 15.6.